The van der Waals surface area contributed by atoms with Crippen molar-refractivity contribution in [3.63, 3.8) is 0 Å². The van der Waals surface area contributed by atoms with Crippen molar-refractivity contribution in [3.05, 3.63) is 35.9 Å². The highest BCUT2D eigenvalue weighted by atomic mass is 32.2. The Kier molecular flexibility index (Phi) is 7.82. The number of carbonyl (C=O) groups is 2. The summed E-state index contributed by atoms with van der Waals surface area (Å²) >= 11 is 1.73. The van der Waals surface area contributed by atoms with Crippen LogP contribution in [0.15, 0.2) is 30.3 Å². The van der Waals surface area contributed by atoms with E-state index in [1.54, 1.807) is 11.8 Å². The molecule has 0 spiro atoms. The summed E-state index contributed by atoms with van der Waals surface area (Å²) in [5.74, 6) is 1.41. The summed E-state index contributed by atoms with van der Waals surface area (Å²) in [5, 5.41) is 3.00. The van der Waals surface area contributed by atoms with Gasteiger partial charge in [0.1, 0.15) is 0 Å². The number of amides is 2. The molecule has 1 aromatic carbocycles. The van der Waals surface area contributed by atoms with E-state index in [9.17, 15) is 9.59 Å². The number of hydrogen-bond donors (Lipinski definition) is 1. The van der Waals surface area contributed by atoms with Gasteiger partial charge in [-0.2, -0.15) is 0 Å². The lowest BCUT2D eigenvalue weighted by molar-refractivity contribution is -0.133. The number of hydrogen-bond acceptors (Lipinski definition) is 3. The molecule has 2 rings (SSSR count). The number of nitrogens with one attached hydrogen (secondary N) is 1. The maximum atomic E-state index is 13.1. The summed E-state index contributed by atoms with van der Waals surface area (Å²) < 4.78 is 0. The van der Waals surface area contributed by atoms with Crippen LogP contribution in [0.1, 0.15) is 45.6 Å². The Bertz CT molecular complexity index is 562. The van der Waals surface area contributed by atoms with E-state index in [2.05, 4.69) is 31.3 Å². The van der Waals surface area contributed by atoms with Gasteiger partial charge in [-0.3, -0.25) is 9.59 Å². The van der Waals surface area contributed by atoms with Gasteiger partial charge in [0.25, 0.3) is 0 Å². The first-order valence-electron chi connectivity index (χ1n) is 9.25. The molecule has 25 heavy (non-hydrogen) atoms. The number of carbonyl (C=O) groups excluding carboxylic acids is 2. The Morgan fingerprint density at radius 1 is 1.28 bits per heavy atom. The molecule has 4 nitrogen and oxygen atoms in total. The number of rotatable bonds is 7. The van der Waals surface area contributed by atoms with E-state index in [1.807, 2.05) is 30.0 Å². The van der Waals surface area contributed by atoms with Crippen molar-refractivity contribution >= 4 is 23.6 Å². The first-order valence-corrected chi connectivity index (χ1v) is 10.3. The third kappa shape index (κ3) is 6.07. The van der Waals surface area contributed by atoms with Gasteiger partial charge in [0.05, 0.1) is 5.25 Å². The number of likely N-dealkylation sites (tertiary alicyclic amines) is 1. The molecule has 0 bridgehead atoms. The molecule has 1 fully saturated rings. The smallest absolute Gasteiger partial charge is 0.236 e. The van der Waals surface area contributed by atoms with Gasteiger partial charge in [-0.1, -0.05) is 51.1 Å². The van der Waals surface area contributed by atoms with E-state index in [1.165, 1.54) is 5.56 Å². The number of thioether (sulfide) groups is 1. The van der Waals surface area contributed by atoms with Crippen LogP contribution in [0.3, 0.4) is 0 Å². The zero-order valence-corrected chi connectivity index (χ0v) is 16.3. The highest BCUT2D eigenvalue weighted by Gasteiger charge is 2.31. The van der Waals surface area contributed by atoms with Crippen LogP contribution in [0.5, 0.6) is 0 Å². The van der Waals surface area contributed by atoms with E-state index in [0.29, 0.717) is 13.0 Å². The van der Waals surface area contributed by atoms with Crippen LogP contribution in [0.25, 0.3) is 0 Å². The second-order valence-corrected chi connectivity index (χ2v) is 8.14. The molecule has 1 aromatic rings. The van der Waals surface area contributed by atoms with Crippen molar-refractivity contribution in [2.24, 2.45) is 5.92 Å². The van der Waals surface area contributed by atoms with Crippen LogP contribution in [-0.2, 0) is 15.3 Å². The lowest BCUT2D eigenvalue weighted by Gasteiger charge is -2.36. The summed E-state index contributed by atoms with van der Waals surface area (Å²) in [4.78, 5) is 26.6. The second-order valence-electron chi connectivity index (χ2n) is 7.01. The van der Waals surface area contributed by atoms with Crippen molar-refractivity contribution in [1.29, 1.82) is 0 Å². The fourth-order valence-corrected chi connectivity index (χ4v) is 4.35. The Hall–Kier alpha value is -1.49. The first kappa shape index (κ1) is 19.8. The molecule has 2 atom stereocenters. The topological polar surface area (TPSA) is 49.4 Å². The van der Waals surface area contributed by atoms with Crippen molar-refractivity contribution in [3.8, 4) is 0 Å². The average Bonchev–Trinajstić information content (AvgIpc) is 2.62. The Labute approximate surface area is 155 Å². The summed E-state index contributed by atoms with van der Waals surface area (Å²) in [6, 6.07) is 10.4. The third-order valence-electron chi connectivity index (χ3n) is 4.54. The van der Waals surface area contributed by atoms with E-state index >= 15 is 0 Å². The molecule has 0 radical (unpaired) electrons. The summed E-state index contributed by atoms with van der Waals surface area (Å²) in [6.07, 6.45) is 2.40. The normalized spacial score (nSPS) is 18.9. The van der Waals surface area contributed by atoms with Gasteiger partial charge < -0.3 is 10.2 Å². The molecule has 5 heteroatoms. The number of benzene rings is 1. The molecule has 0 aliphatic carbocycles. The van der Waals surface area contributed by atoms with Crippen molar-refractivity contribution in [2.75, 3.05) is 13.1 Å². The fourth-order valence-electron chi connectivity index (χ4n) is 3.11. The zero-order chi connectivity index (χ0) is 18.2. The fraction of sp³-hybridized carbons (Fsp3) is 0.600. The van der Waals surface area contributed by atoms with Gasteiger partial charge in [0.15, 0.2) is 0 Å². The molecule has 138 valence electrons. The van der Waals surface area contributed by atoms with Crippen LogP contribution in [-0.4, -0.2) is 41.1 Å². The van der Waals surface area contributed by atoms with Gasteiger partial charge in [-0.05, 0) is 24.3 Å². The Balaban J connectivity index is 1.95. The van der Waals surface area contributed by atoms with Gasteiger partial charge in [0.2, 0.25) is 11.8 Å². The standard InChI is InChI=1S/C20H30N2O2S/c1-4-18(23)21-17-11-8-12-22(13-17)20(24)19(15(2)3)25-14-16-9-6-5-7-10-16/h5-7,9-10,15,17,19H,4,8,11-14H2,1-3H3,(H,21,23). The Morgan fingerprint density at radius 3 is 2.64 bits per heavy atom. The zero-order valence-electron chi connectivity index (χ0n) is 15.5. The quantitative estimate of drug-likeness (QED) is 0.808. The molecule has 1 heterocycles. The molecule has 2 unspecified atom stereocenters. The Morgan fingerprint density at radius 2 is 2.00 bits per heavy atom. The highest BCUT2D eigenvalue weighted by molar-refractivity contribution is 7.99. The predicted octanol–water partition coefficient (Wildman–Crippen LogP) is 3.46. The maximum absolute atomic E-state index is 13.1. The maximum Gasteiger partial charge on any atom is 0.236 e. The van der Waals surface area contributed by atoms with Crippen molar-refractivity contribution < 1.29 is 9.59 Å². The van der Waals surface area contributed by atoms with Gasteiger partial charge in [-0.25, -0.2) is 0 Å². The molecule has 1 saturated heterocycles. The lowest BCUT2D eigenvalue weighted by Crippen LogP contribution is -2.52. The average molecular weight is 363 g/mol. The molecular weight excluding hydrogens is 332 g/mol. The summed E-state index contributed by atoms with van der Waals surface area (Å²) in [5.41, 5.74) is 1.25. The second kappa shape index (κ2) is 9.85. The van der Waals surface area contributed by atoms with Crippen LogP contribution in [0.2, 0.25) is 0 Å². The molecule has 0 saturated carbocycles. The molecular formula is C20H30N2O2S. The van der Waals surface area contributed by atoms with Gasteiger partial charge in [-0.15, -0.1) is 11.8 Å². The minimum atomic E-state index is -0.0409. The van der Waals surface area contributed by atoms with Gasteiger partial charge in [0, 0.05) is 31.3 Å². The lowest BCUT2D eigenvalue weighted by atomic mass is 10.0. The minimum absolute atomic E-state index is 0.0409. The molecule has 1 aliphatic heterocycles. The SMILES string of the molecule is CCC(=O)NC1CCCN(C(=O)C(SCc2ccccc2)C(C)C)C1. The first-order chi connectivity index (χ1) is 12.0. The van der Waals surface area contributed by atoms with Gasteiger partial charge >= 0.3 is 0 Å². The van der Waals surface area contributed by atoms with Crippen LogP contribution >= 0.6 is 11.8 Å². The largest absolute Gasteiger partial charge is 0.352 e. The van der Waals surface area contributed by atoms with Crippen molar-refractivity contribution in [1.82, 2.24) is 10.2 Å². The molecule has 2 amide bonds. The van der Waals surface area contributed by atoms with Crippen LogP contribution in [0, 0.1) is 5.92 Å². The third-order valence-corrected chi connectivity index (χ3v) is 6.15. The molecule has 1 N–H and O–H groups in total. The molecule has 0 aromatic heterocycles. The number of piperidine rings is 1. The van der Waals surface area contributed by atoms with Crippen LogP contribution < -0.4 is 5.32 Å². The van der Waals surface area contributed by atoms with E-state index in [4.69, 9.17) is 0 Å². The summed E-state index contributed by atoms with van der Waals surface area (Å²) in [6.45, 7) is 7.52. The summed E-state index contributed by atoms with van der Waals surface area (Å²) in [7, 11) is 0. The van der Waals surface area contributed by atoms with E-state index < -0.39 is 0 Å². The monoisotopic (exact) mass is 362 g/mol. The van der Waals surface area contributed by atoms with E-state index in [-0.39, 0.29) is 29.0 Å². The number of nitrogens with zero attached hydrogens (tertiary/aromatic N) is 1. The minimum Gasteiger partial charge on any atom is -0.352 e. The predicted molar refractivity (Wildman–Crippen MR) is 104 cm³/mol. The van der Waals surface area contributed by atoms with E-state index in [0.717, 1.165) is 25.1 Å². The van der Waals surface area contributed by atoms with Crippen molar-refractivity contribution in [2.45, 2.75) is 57.1 Å². The molecule has 1 aliphatic rings. The highest BCUT2D eigenvalue weighted by Crippen LogP contribution is 2.27. The van der Waals surface area contributed by atoms with Crippen LogP contribution in [0.4, 0.5) is 0 Å².